The second-order valence-electron chi connectivity index (χ2n) is 7.60. The van der Waals surface area contributed by atoms with E-state index in [0.29, 0.717) is 22.3 Å². The summed E-state index contributed by atoms with van der Waals surface area (Å²) in [5.41, 5.74) is 6.51. The number of halogens is 2. The molecule has 6 nitrogen and oxygen atoms in total. The van der Waals surface area contributed by atoms with Crippen molar-refractivity contribution in [1.29, 1.82) is 0 Å². The molecular formula is C21H27F2N3O3S. The number of thiazole rings is 1. The monoisotopic (exact) mass is 439 g/mol. The second-order valence-corrected chi connectivity index (χ2v) is 8.49. The maximum Gasteiger partial charge on any atom is 0.320 e. The lowest BCUT2D eigenvalue weighted by atomic mass is 9.95. The van der Waals surface area contributed by atoms with E-state index in [1.54, 1.807) is 5.38 Å². The number of aliphatic carboxylic acids is 1. The van der Waals surface area contributed by atoms with E-state index in [1.165, 1.54) is 17.4 Å². The largest absolute Gasteiger partial charge is 0.480 e. The number of aromatic nitrogens is 1. The van der Waals surface area contributed by atoms with Crippen molar-refractivity contribution < 1.29 is 23.4 Å². The van der Waals surface area contributed by atoms with Crippen LogP contribution in [0.3, 0.4) is 0 Å². The number of nitrogens with zero attached hydrogens (tertiary/aromatic N) is 2. The molecule has 0 amide bonds. The Morgan fingerprint density at radius 1 is 1.23 bits per heavy atom. The molecule has 0 unspecified atom stereocenters. The van der Waals surface area contributed by atoms with Gasteiger partial charge in [0.1, 0.15) is 6.04 Å². The highest BCUT2D eigenvalue weighted by Crippen LogP contribution is 2.24. The fourth-order valence-corrected chi connectivity index (χ4v) is 4.40. The Morgan fingerprint density at radius 2 is 2.00 bits per heavy atom. The van der Waals surface area contributed by atoms with E-state index in [2.05, 4.69) is 9.88 Å². The van der Waals surface area contributed by atoms with Crippen LogP contribution >= 0.6 is 11.3 Å². The highest BCUT2D eigenvalue weighted by atomic mass is 32.1. The first-order chi connectivity index (χ1) is 14.4. The van der Waals surface area contributed by atoms with Gasteiger partial charge >= 0.3 is 5.97 Å². The fraction of sp³-hybridized carbons (Fsp3) is 0.524. The zero-order chi connectivity index (χ0) is 21.5. The predicted octanol–water partition coefficient (Wildman–Crippen LogP) is 4.02. The molecule has 4 rings (SSSR count). The average molecular weight is 440 g/mol. The summed E-state index contributed by atoms with van der Waals surface area (Å²) in [5.74, 6) is -1.76. The molecule has 164 valence electrons. The lowest BCUT2D eigenvalue weighted by molar-refractivity contribution is -0.145. The predicted molar refractivity (Wildman–Crippen MR) is 112 cm³/mol. The standard InChI is InChI=1S/C12H21NO3.C9H6F2N2S/c14-12(15)11-3-1-2-6-13(11)9-10-4-7-16-8-5-10;10-6-2-1-5(3-7(6)11)8-4-14-9(12)13-8/h10-11H,1-9H2,(H,14,15);1-4H,(H2,12,13)/t11-;/m0./s1. The van der Waals surface area contributed by atoms with Crippen molar-refractivity contribution in [2.24, 2.45) is 5.92 Å². The Hall–Kier alpha value is -2.10. The maximum atomic E-state index is 12.8. The van der Waals surface area contributed by atoms with Crippen molar-refractivity contribution in [3.8, 4) is 11.3 Å². The van der Waals surface area contributed by atoms with Crippen molar-refractivity contribution in [3.63, 3.8) is 0 Å². The lowest BCUT2D eigenvalue weighted by Gasteiger charge is -2.36. The molecule has 2 saturated heterocycles. The fourth-order valence-electron chi connectivity index (χ4n) is 3.83. The number of likely N-dealkylation sites (tertiary alicyclic amines) is 1. The molecule has 3 N–H and O–H groups in total. The Kier molecular flexibility index (Phi) is 8.12. The zero-order valence-electron chi connectivity index (χ0n) is 16.7. The Labute approximate surface area is 178 Å². The quantitative estimate of drug-likeness (QED) is 0.748. The number of piperidine rings is 1. The van der Waals surface area contributed by atoms with Crippen molar-refractivity contribution in [2.45, 2.75) is 38.1 Å². The molecule has 0 radical (unpaired) electrons. The van der Waals surface area contributed by atoms with Crippen molar-refractivity contribution in [1.82, 2.24) is 9.88 Å². The third-order valence-electron chi connectivity index (χ3n) is 5.47. The van der Waals surface area contributed by atoms with Gasteiger partial charge in [-0.2, -0.15) is 0 Å². The molecule has 1 aromatic heterocycles. The van der Waals surface area contributed by atoms with Crippen LogP contribution in [0.2, 0.25) is 0 Å². The smallest absolute Gasteiger partial charge is 0.320 e. The van der Waals surface area contributed by atoms with Gasteiger partial charge in [-0.3, -0.25) is 9.69 Å². The Bertz CT molecular complexity index is 843. The molecule has 2 aliphatic heterocycles. The molecule has 2 aromatic rings. The Morgan fingerprint density at radius 3 is 2.63 bits per heavy atom. The van der Waals surface area contributed by atoms with Crippen LogP contribution < -0.4 is 5.73 Å². The summed E-state index contributed by atoms with van der Waals surface area (Å²) in [4.78, 5) is 17.3. The number of anilines is 1. The van der Waals surface area contributed by atoms with Crippen LogP contribution in [0, 0.1) is 17.6 Å². The minimum absolute atomic E-state index is 0.239. The summed E-state index contributed by atoms with van der Waals surface area (Å²) in [6.45, 7) is 3.58. The van der Waals surface area contributed by atoms with Gasteiger partial charge in [-0.1, -0.05) is 6.42 Å². The highest BCUT2D eigenvalue weighted by molar-refractivity contribution is 7.13. The number of benzene rings is 1. The Balaban J connectivity index is 0.000000172. The first-order valence-electron chi connectivity index (χ1n) is 10.1. The van der Waals surface area contributed by atoms with Gasteiger partial charge in [0.15, 0.2) is 16.8 Å². The van der Waals surface area contributed by atoms with Crippen LogP contribution in [0.25, 0.3) is 11.3 Å². The first-order valence-corrected chi connectivity index (χ1v) is 11.0. The molecule has 2 aliphatic rings. The number of rotatable bonds is 4. The summed E-state index contributed by atoms with van der Waals surface area (Å²) in [6.07, 6.45) is 5.19. The van der Waals surface area contributed by atoms with Crippen molar-refractivity contribution >= 4 is 22.4 Å². The van der Waals surface area contributed by atoms with E-state index < -0.39 is 17.6 Å². The van der Waals surface area contributed by atoms with Crippen LogP contribution in [0.5, 0.6) is 0 Å². The number of hydrogen-bond acceptors (Lipinski definition) is 6. The van der Waals surface area contributed by atoms with E-state index in [1.807, 2.05) is 0 Å². The molecule has 3 heterocycles. The number of carboxylic acids is 1. The number of hydrogen-bond donors (Lipinski definition) is 2. The van der Waals surface area contributed by atoms with Crippen LogP contribution in [-0.4, -0.2) is 53.3 Å². The van der Waals surface area contributed by atoms with Crippen LogP contribution in [0.4, 0.5) is 13.9 Å². The number of carboxylic acid groups (broad SMARTS) is 1. The van der Waals surface area contributed by atoms with Crippen LogP contribution in [-0.2, 0) is 9.53 Å². The third kappa shape index (κ3) is 6.20. The first kappa shape index (κ1) is 22.6. The SMILES string of the molecule is Nc1nc(-c2ccc(F)c(F)c2)cs1.O=C(O)[C@@H]1CCCCN1CC1CCOCC1. The molecule has 0 saturated carbocycles. The van der Waals surface area contributed by atoms with Gasteiger partial charge in [0.05, 0.1) is 5.69 Å². The van der Waals surface area contributed by atoms with Crippen molar-refractivity contribution in [2.75, 3.05) is 32.0 Å². The number of carbonyl (C=O) groups is 1. The number of nitrogen functional groups attached to an aromatic ring is 1. The minimum Gasteiger partial charge on any atom is -0.480 e. The summed E-state index contributed by atoms with van der Waals surface area (Å²) in [7, 11) is 0. The van der Waals surface area contributed by atoms with Gasteiger partial charge in [0.2, 0.25) is 0 Å². The topological polar surface area (TPSA) is 88.7 Å². The maximum absolute atomic E-state index is 12.8. The van der Waals surface area contributed by atoms with E-state index in [4.69, 9.17) is 10.5 Å². The normalized spacial score (nSPS) is 20.4. The highest BCUT2D eigenvalue weighted by Gasteiger charge is 2.30. The van der Waals surface area contributed by atoms with Gasteiger partial charge < -0.3 is 15.6 Å². The molecule has 0 aliphatic carbocycles. The minimum atomic E-state index is -0.880. The molecule has 30 heavy (non-hydrogen) atoms. The van der Waals surface area contributed by atoms with Gasteiger partial charge in [-0.25, -0.2) is 13.8 Å². The summed E-state index contributed by atoms with van der Waals surface area (Å²) < 4.78 is 30.8. The summed E-state index contributed by atoms with van der Waals surface area (Å²) in [6, 6.07) is 3.40. The number of ether oxygens (including phenoxy) is 1. The molecule has 1 atom stereocenters. The van der Waals surface area contributed by atoms with Crippen LogP contribution in [0.15, 0.2) is 23.6 Å². The summed E-state index contributed by atoms with van der Waals surface area (Å²) in [5, 5.41) is 11.3. The van der Waals surface area contributed by atoms with E-state index in [9.17, 15) is 18.7 Å². The molecule has 2 fully saturated rings. The lowest BCUT2D eigenvalue weighted by Crippen LogP contribution is -2.47. The van der Waals surface area contributed by atoms with Crippen LogP contribution in [0.1, 0.15) is 32.1 Å². The van der Waals surface area contributed by atoms with Gasteiger partial charge in [-0.15, -0.1) is 11.3 Å². The average Bonchev–Trinajstić information content (AvgIpc) is 3.18. The molecule has 0 spiro atoms. The summed E-state index contributed by atoms with van der Waals surface area (Å²) >= 11 is 1.26. The zero-order valence-corrected chi connectivity index (χ0v) is 17.5. The van der Waals surface area contributed by atoms with Gasteiger partial charge in [0.25, 0.3) is 0 Å². The number of nitrogens with two attached hydrogens (primary N) is 1. The molecule has 1 aromatic carbocycles. The van der Waals surface area contributed by atoms with Crippen molar-refractivity contribution in [3.05, 3.63) is 35.2 Å². The van der Waals surface area contributed by atoms with E-state index in [0.717, 1.165) is 70.5 Å². The second kappa shape index (κ2) is 10.8. The molecule has 9 heteroatoms. The van der Waals surface area contributed by atoms with E-state index in [-0.39, 0.29) is 6.04 Å². The third-order valence-corrected chi connectivity index (χ3v) is 6.14. The molecule has 0 bridgehead atoms. The molecular weight excluding hydrogens is 412 g/mol. The van der Waals surface area contributed by atoms with E-state index >= 15 is 0 Å². The van der Waals surface area contributed by atoms with Gasteiger partial charge in [-0.05, 0) is 56.3 Å². The van der Waals surface area contributed by atoms with Gasteiger partial charge in [0, 0.05) is 30.7 Å².